The van der Waals surface area contributed by atoms with E-state index in [4.69, 9.17) is 11.6 Å². The highest BCUT2D eigenvalue weighted by Gasteiger charge is 2.22. The fourth-order valence-corrected chi connectivity index (χ4v) is 2.87. The Morgan fingerprint density at radius 2 is 2.17 bits per heavy atom. The van der Waals surface area contributed by atoms with Crippen molar-refractivity contribution in [3.63, 3.8) is 0 Å². The van der Waals surface area contributed by atoms with Gasteiger partial charge >= 0.3 is 0 Å². The van der Waals surface area contributed by atoms with E-state index in [0.717, 1.165) is 21.2 Å². The molecule has 1 unspecified atom stereocenters. The average Bonchev–Trinajstić information content (AvgIpc) is 2.89. The van der Waals surface area contributed by atoms with Gasteiger partial charge in [-0.2, -0.15) is 5.10 Å². The smallest absolute Gasteiger partial charge is 0.126 e. The molecule has 0 aliphatic carbocycles. The molecule has 1 aromatic heterocycles. The molecule has 1 aliphatic heterocycles. The third-order valence-electron chi connectivity index (χ3n) is 2.57. The molecule has 5 heteroatoms. The first-order valence-corrected chi connectivity index (χ1v) is 6.74. The SMILES string of the molecule is Clc1cccc(C2=NNC(c3cccnc3)S2)c1. The Hall–Kier alpha value is -1.52. The summed E-state index contributed by atoms with van der Waals surface area (Å²) in [7, 11) is 0. The van der Waals surface area contributed by atoms with Crippen LogP contribution in [0.5, 0.6) is 0 Å². The lowest BCUT2D eigenvalue weighted by Gasteiger charge is -2.08. The predicted molar refractivity (Wildman–Crippen MR) is 75.7 cm³/mol. The van der Waals surface area contributed by atoms with Crippen LogP contribution >= 0.6 is 23.4 Å². The van der Waals surface area contributed by atoms with Crippen molar-refractivity contribution in [2.75, 3.05) is 0 Å². The van der Waals surface area contributed by atoms with Gasteiger partial charge in [0.25, 0.3) is 0 Å². The number of hydrogen-bond acceptors (Lipinski definition) is 4. The highest BCUT2D eigenvalue weighted by Crippen LogP contribution is 2.34. The standard InChI is InChI=1S/C13H10ClN3S/c14-11-5-1-3-9(7-11)12-16-17-13(18-12)10-4-2-6-15-8-10/h1-8,13,17H. The van der Waals surface area contributed by atoms with Crippen LogP contribution in [-0.4, -0.2) is 10.0 Å². The molecule has 3 rings (SSSR count). The van der Waals surface area contributed by atoms with E-state index in [-0.39, 0.29) is 5.37 Å². The third-order valence-corrected chi connectivity index (χ3v) is 3.97. The van der Waals surface area contributed by atoms with E-state index in [1.54, 1.807) is 18.0 Å². The number of pyridine rings is 1. The Labute approximate surface area is 114 Å². The molecule has 90 valence electrons. The van der Waals surface area contributed by atoms with Crippen molar-refractivity contribution in [2.45, 2.75) is 5.37 Å². The highest BCUT2D eigenvalue weighted by molar-refractivity contribution is 8.14. The van der Waals surface area contributed by atoms with Crippen LogP contribution < -0.4 is 5.43 Å². The molecular formula is C13H10ClN3S. The Morgan fingerprint density at radius 3 is 2.94 bits per heavy atom. The van der Waals surface area contributed by atoms with Gasteiger partial charge in [-0.25, -0.2) is 0 Å². The normalized spacial score (nSPS) is 18.3. The number of aromatic nitrogens is 1. The Bertz CT molecular complexity index is 586. The van der Waals surface area contributed by atoms with Gasteiger partial charge in [-0.05, 0) is 18.2 Å². The Balaban J connectivity index is 1.79. The van der Waals surface area contributed by atoms with Crippen molar-refractivity contribution in [1.82, 2.24) is 10.4 Å². The van der Waals surface area contributed by atoms with E-state index in [1.165, 1.54) is 0 Å². The number of nitrogens with one attached hydrogen (secondary N) is 1. The lowest BCUT2D eigenvalue weighted by Crippen LogP contribution is -2.06. The molecule has 0 bridgehead atoms. The summed E-state index contributed by atoms with van der Waals surface area (Å²) in [4.78, 5) is 4.12. The molecular weight excluding hydrogens is 266 g/mol. The summed E-state index contributed by atoms with van der Waals surface area (Å²) in [6.45, 7) is 0. The molecule has 2 heterocycles. The van der Waals surface area contributed by atoms with E-state index in [1.807, 2.05) is 42.6 Å². The maximum Gasteiger partial charge on any atom is 0.126 e. The monoisotopic (exact) mass is 275 g/mol. The first-order valence-electron chi connectivity index (χ1n) is 5.49. The molecule has 1 aromatic carbocycles. The summed E-state index contributed by atoms with van der Waals surface area (Å²) < 4.78 is 0. The van der Waals surface area contributed by atoms with Gasteiger partial charge in [0.1, 0.15) is 10.4 Å². The summed E-state index contributed by atoms with van der Waals surface area (Å²) in [5.41, 5.74) is 5.26. The van der Waals surface area contributed by atoms with Crippen molar-refractivity contribution in [3.05, 3.63) is 64.9 Å². The first kappa shape index (κ1) is 11.6. The summed E-state index contributed by atoms with van der Waals surface area (Å²) in [5.74, 6) is 0. The fraction of sp³-hybridized carbons (Fsp3) is 0.0769. The topological polar surface area (TPSA) is 37.3 Å². The number of benzene rings is 1. The number of hydrogen-bond donors (Lipinski definition) is 1. The Kier molecular flexibility index (Phi) is 3.21. The zero-order valence-corrected chi connectivity index (χ0v) is 10.9. The zero-order chi connectivity index (χ0) is 12.4. The molecule has 0 spiro atoms. The van der Waals surface area contributed by atoms with Gasteiger partial charge in [-0.1, -0.05) is 41.6 Å². The van der Waals surface area contributed by atoms with Gasteiger partial charge < -0.3 is 0 Å². The fourth-order valence-electron chi connectivity index (χ4n) is 1.71. The minimum atomic E-state index is 0.118. The molecule has 0 saturated heterocycles. The molecule has 18 heavy (non-hydrogen) atoms. The molecule has 3 nitrogen and oxygen atoms in total. The minimum Gasteiger partial charge on any atom is -0.291 e. The average molecular weight is 276 g/mol. The predicted octanol–water partition coefficient (Wildman–Crippen LogP) is 3.43. The lowest BCUT2D eigenvalue weighted by molar-refractivity contribution is 0.741. The molecule has 1 N–H and O–H groups in total. The molecule has 0 amide bonds. The Morgan fingerprint density at radius 1 is 1.22 bits per heavy atom. The molecule has 0 fully saturated rings. The number of thioether (sulfide) groups is 1. The maximum absolute atomic E-state index is 5.98. The first-order chi connectivity index (χ1) is 8.83. The van der Waals surface area contributed by atoms with E-state index < -0.39 is 0 Å². The summed E-state index contributed by atoms with van der Waals surface area (Å²) in [6, 6.07) is 11.7. The molecule has 1 atom stereocenters. The van der Waals surface area contributed by atoms with Crippen LogP contribution in [0.2, 0.25) is 5.02 Å². The quantitative estimate of drug-likeness (QED) is 0.912. The maximum atomic E-state index is 5.98. The second-order valence-corrected chi connectivity index (χ2v) is 5.37. The van der Waals surface area contributed by atoms with Gasteiger partial charge in [-0.15, -0.1) is 0 Å². The molecule has 1 aliphatic rings. The van der Waals surface area contributed by atoms with E-state index in [0.29, 0.717) is 0 Å². The second-order valence-electron chi connectivity index (χ2n) is 3.84. The van der Waals surface area contributed by atoms with Crippen molar-refractivity contribution >= 4 is 28.4 Å². The van der Waals surface area contributed by atoms with Gasteiger partial charge in [0.2, 0.25) is 0 Å². The van der Waals surface area contributed by atoms with Gasteiger partial charge in [-0.3, -0.25) is 10.4 Å². The van der Waals surface area contributed by atoms with E-state index in [9.17, 15) is 0 Å². The van der Waals surface area contributed by atoms with Gasteiger partial charge in [0.15, 0.2) is 0 Å². The second kappa shape index (κ2) is 5.00. The van der Waals surface area contributed by atoms with Crippen LogP contribution in [0.4, 0.5) is 0 Å². The van der Waals surface area contributed by atoms with Crippen LogP contribution in [0.25, 0.3) is 0 Å². The lowest BCUT2D eigenvalue weighted by atomic mass is 10.2. The minimum absolute atomic E-state index is 0.118. The third kappa shape index (κ3) is 2.35. The zero-order valence-electron chi connectivity index (χ0n) is 9.38. The van der Waals surface area contributed by atoms with Crippen LogP contribution in [0, 0.1) is 0 Å². The van der Waals surface area contributed by atoms with Crippen molar-refractivity contribution in [3.8, 4) is 0 Å². The van der Waals surface area contributed by atoms with Gasteiger partial charge in [0.05, 0.1) is 0 Å². The number of rotatable bonds is 2. The van der Waals surface area contributed by atoms with E-state index >= 15 is 0 Å². The van der Waals surface area contributed by atoms with Crippen LogP contribution in [0.1, 0.15) is 16.5 Å². The number of nitrogens with zero attached hydrogens (tertiary/aromatic N) is 2. The van der Waals surface area contributed by atoms with Crippen LogP contribution in [0.15, 0.2) is 53.9 Å². The van der Waals surface area contributed by atoms with Crippen LogP contribution in [0.3, 0.4) is 0 Å². The molecule has 2 aromatic rings. The molecule has 0 radical (unpaired) electrons. The van der Waals surface area contributed by atoms with Gasteiger partial charge in [0, 0.05) is 28.5 Å². The molecule has 0 saturated carbocycles. The van der Waals surface area contributed by atoms with E-state index in [2.05, 4.69) is 15.5 Å². The highest BCUT2D eigenvalue weighted by atomic mass is 35.5. The largest absolute Gasteiger partial charge is 0.291 e. The van der Waals surface area contributed by atoms with Crippen molar-refractivity contribution in [2.24, 2.45) is 5.10 Å². The van der Waals surface area contributed by atoms with Crippen molar-refractivity contribution in [1.29, 1.82) is 0 Å². The summed E-state index contributed by atoms with van der Waals surface area (Å²) in [6.07, 6.45) is 3.61. The van der Waals surface area contributed by atoms with Crippen LogP contribution in [-0.2, 0) is 0 Å². The summed E-state index contributed by atoms with van der Waals surface area (Å²) >= 11 is 7.65. The van der Waals surface area contributed by atoms with Crippen molar-refractivity contribution < 1.29 is 0 Å². The number of hydrazone groups is 1. The summed E-state index contributed by atoms with van der Waals surface area (Å²) in [5, 5.41) is 6.14. The number of halogens is 1.